The van der Waals surface area contributed by atoms with Gasteiger partial charge in [0.1, 0.15) is 18.4 Å². The summed E-state index contributed by atoms with van der Waals surface area (Å²) in [5.41, 5.74) is 4.11. The minimum Gasteiger partial charge on any atom is -0.472 e. The molecule has 0 unspecified atom stereocenters. The second-order valence-corrected chi connectivity index (χ2v) is 9.32. The molecule has 1 aromatic heterocycles. The van der Waals surface area contributed by atoms with E-state index in [0.29, 0.717) is 31.1 Å². The number of nitrogens with zero attached hydrogens (tertiary/aromatic N) is 4. The van der Waals surface area contributed by atoms with Crippen molar-refractivity contribution in [2.45, 2.75) is 19.7 Å². The molecular formula is C32H23FN4O3. The fraction of sp³-hybridized carbons (Fsp3) is 0.0938. The maximum Gasteiger partial charge on any atom is 0.258 e. The van der Waals surface area contributed by atoms with Crippen LogP contribution in [-0.4, -0.2) is 20.6 Å². The van der Waals surface area contributed by atoms with Crippen molar-refractivity contribution in [1.82, 2.24) is 14.7 Å². The molecule has 0 N–H and O–H groups in total. The smallest absolute Gasteiger partial charge is 0.258 e. The number of rotatable bonds is 8. The number of fused-ring (bicyclic) bond motifs is 1. The Kier molecular flexibility index (Phi) is 6.69. The van der Waals surface area contributed by atoms with Crippen LogP contribution in [0.3, 0.4) is 0 Å². The van der Waals surface area contributed by atoms with Gasteiger partial charge in [-0.2, -0.15) is 5.26 Å². The van der Waals surface area contributed by atoms with Gasteiger partial charge in [0.15, 0.2) is 11.6 Å². The Bertz CT molecular complexity index is 1730. The highest BCUT2D eigenvalue weighted by atomic mass is 19.1. The molecule has 40 heavy (non-hydrogen) atoms. The van der Waals surface area contributed by atoms with Crippen molar-refractivity contribution in [3.05, 3.63) is 137 Å². The molecule has 0 bridgehead atoms. The summed E-state index contributed by atoms with van der Waals surface area (Å²) in [6.45, 7) is 1.23. The van der Waals surface area contributed by atoms with Crippen LogP contribution in [0, 0.1) is 17.1 Å². The minimum absolute atomic E-state index is 0.0621. The first-order valence-electron chi connectivity index (χ1n) is 12.7. The van der Waals surface area contributed by atoms with Gasteiger partial charge in [0.05, 0.1) is 16.8 Å². The van der Waals surface area contributed by atoms with E-state index >= 15 is 0 Å². The van der Waals surface area contributed by atoms with E-state index in [1.54, 1.807) is 21.7 Å². The van der Waals surface area contributed by atoms with Gasteiger partial charge < -0.3 is 14.4 Å². The third kappa shape index (κ3) is 5.00. The number of hydrogen-bond donors (Lipinski definition) is 0. The molecule has 0 spiro atoms. The van der Waals surface area contributed by atoms with Gasteiger partial charge in [-0.05, 0) is 47.0 Å². The Balaban J connectivity index is 1.13. The topological polar surface area (TPSA) is 80.4 Å². The first-order valence-corrected chi connectivity index (χ1v) is 12.7. The largest absolute Gasteiger partial charge is 0.472 e. The van der Waals surface area contributed by atoms with E-state index < -0.39 is 5.82 Å². The van der Waals surface area contributed by atoms with Crippen LogP contribution >= 0.6 is 0 Å². The number of benzene rings is 4. The van der Waals surface area contributed by atoms with Crippen molar-refractivity contribution in [1.29, 1.82) is 5.26 Å². The van der Waals surface area contributed by atoms with Crippen molar-refractivity contribution < 1.29 is 18.7 Å². The van der Waals surface area contributed by atoms with Gasteiger partial charge >= 0.3 is 0 Å². The number of hydrogen-bond acceptors (Lipinski definition) is 5. The molecule has 1 aliphatic rings. The second-order valence-electron chi connectivity index (χ2n) is 9.32. The monoisotopic (exact) mass is 530 g/mol. The lowest BCUT2D eigenvalue weighted by molar-refractivity contribution is 0.0764. The molecule has 0 aliphatic carbocycles. The molecule has 0 radical (unpaired) electrons. The molecule has 5 aromatic rings. The number of carbonyl (C=O) groups excluding carboxylic acids is 1. The summed E-state index contributed by atoms with van der Waals surface area (Å²) in [7, 11) is 0. The maximum atomic E-state index is 14.4. The molecule has 2 heterocycles. The third-order valence-electron chi connectivity index (χ3n) is 6.64. The zero-order valence-electron chi connectivity index (χ0n) is 21.3. The van der Waals surface area contributed by atoms with Crippen molar-refractivity contribution in [2.24, 2.45) is 0 Å². The predicted octanol–water partition coefficient (Wildman–Crippen LogP) is 6.41. The third-order valence-corrected chi connectivity index (χ3v) is 6.64. The van der Waals surface area contributed by atoms with Crippen LogP contribution in [-0.2, 0) is 19.7 Å². The average Bonchev–Trinajstić information content (AvgIpc) is 3.59. The Hall–Kier alpha value is -5.42. The number of nitriles is 1. The van der Waals surface area contributed by atoms with Crippen molar-refractivity contribution >= 4 is 5.91 Å². The number of ether oxygens (including phenoxy) is 2. The van der Waals surface area contributed by atoms with Gasteiger partial charge in [-0.25, -0.2) is 9.07 Å². The number of carbonyl (C=O) groups is 1. The van der Waals surface area contributed by atoms with Gasteiger partial charge in [0.25, 0.3) is 5.91 Å². The van der Waals surface area contributed by atoms with Crippen LogP contribution in [0.1, 0.15) is 32.6 Å². The molecule has 0 saturated heterocycles. The molecule has 4 aromatic carbocycles. The van der Waals surface area contributed by atoms with Crippen LogP contribution in [0.25, 0.3) is 5.69 Å². The fourth-order valence-corrected chi connectivity index (χ4v) is 4.64. The van der Waals surface area contributed by atoms with Crippen LogP contribution in [0.15, 0.2) is 103 Å². The van der Waals surface area contributed by atoms with Crippen LogP contribution in [0.2, 0.25) is 0 Å². The van der Waals surface area contributed by atoms with E-state index in [2.05, 4.69) is 5.10 Å². The van der Waals surface area contributed by atoms with Crippen LogP contribution in [0.4, 0.5) is 4.39 Å². The number of aromatic nitrogens is 2. The highest BCUT2D eigenvalue weighted by Crippen LogP contribution is 2.36. The van der Waals surface area contributed by atoms with Gasteiger partial charge in [-0.15, -0.1) is 5.10 Å². The molecule has 0 fully saturated rings. The summed E-state index contributed by atoms with van der Waals surface area (Å²) in [6, 6.07) is 30.8. The molecule has 1 aliphatic heterocycles. The van der Waals surface area contributed by atoms with Gasteiger partial charge in [0, 0.05) is 25.4 Å². The molecule has 8 heteroatoms. The molecule has 6 rings (SSSR count). The van der Waals surface area contributed by atoms with Crippen LogP contribution in [0.5, 0.6) is 17.4 Å². The van der Waals surface area contributed by atoms with E-state index in [4.69, 9.17) is 9.47 Å². The van der Waals surface area contributed by atoms with Crippen molar-refractivity contribution in [3.63, 3.8) is 0 Å². The molecule has 0 atom stereocenters. The molecule has 0 saturated carbocycles. The number of para-hydroxylation sites is 1. The Morgan fingerprint density at radius 2 is 1.70 bits per heavy atom. The molecular weight excluding hydrogens is 507 g/mol. The van der Waals surface area contributed by atoms with Crippen molar-refractivity contribution in [2.75, 3.05) is 0 Å². The quantitative estimate of drug-likeness (QED) is 0.232. The van der Waals surface area contributed by atoms with Crippen molar-refractivity contribution in [3.8, 4) is 29.1 Å². The van der Waals surface area contributed by atoms with Crippen LogP contribution < -0.4 is 9.47 Å². The second kappa shape index (κ2) is 10.8. The van der Waals surface area contributed by atoms with E-state index in [1.165, 1.54) is 18.2 Å². The Morgan fingerprint density at radius 3 is 2.50 bits per heavy atom. The molecule has 196 valence electrons. The summed E-state index contributed by atoms with van der Waals surface area (Å²) < 4.78 is 27.7. The first-order chi connectivity index (χ1) is 19.6. The Morgan fingerprint density at radius 1 is 0.900 bits per heavy atom. The molecule has 1 amide bonds. The lowest BCUT2D eigenvalue weighted by Crippen LogP contribution is -2.23. The molecule has 7 nitrogen and oxygen atoms in total. The Labute approximate surface area is 230 Å². The summed E-state index contributed by atoms with van der Waals surface area (Å²) in [6.07, 6.45) is 1.84. The summed E-state index contributed by atoms with van der Waals surface area (Å²) in [5.74, 6) is -0.301. The van der Waals surface area contributed by atoms with Gasteiger partial charge in [-0.3, -0.25) is 4.79 Å². The minimum atomic E-state index is -0.661. The first kappa shape index (κ1) is 24.9. The predicted molar refractivity (Wildman–Crippen MR) is 146 cm³/mol. The average molecular weight is 531 g/mol. The highest BCUT2D eigenvalue weighted by molar-refractivity contribution is 6.01. The zero-order chi connectivity index (χ0) is 27.5. The summed E-state index contributed by atoms with van der Waals surface area (Å²) in [5, 5.41) is 13.8. The lowest BCUT2D eigenvalue weighted by Gasteiger charge is -2.16. The van der Waals surface area contributed by atoms with Gasteiger partial charge in [-0.1, -0.05) is 60.7 Å². The van der Waals surface area contributed by atoms with E-state index in [1.807, 2.05) is 79.0 Å². The SMILES string of the molecule is N#Cc1cccc(F)c1Oc1cccc2c1C(=O)N(Cc1ccc(-n3ccc(OCc4ccccc4)n3)cc1)C2. The summed E-state index contributed by atoms with van der Waals surface area (Å²) >= 11 is 0. The summed E-state index contributed by atoms with van der Waals surface area (Å²) in [4.78, 5) is 15.1. The standard InChI is InChI=1S/C32H23FN4O3/c33-27-10-4-8-24(18-34)31(27)40-28-11-5-9-25-20-36(32(38)30(25)28)19-22-12-14-26(15-13-22)37-17-16-29(35-37)39-21-23-6-2-1-3-7-23/h1-17H,19-21H2. The van der Waals surface area contributed by atoms with Gasteiger partial charge in [0.2, 0.25) is 5.88 Å². The fourth-order valence-electron chi connectivity index (χ4n) is 4.64. The lowest BCUT2D eigenvalue weighted by atomic mass is 10.1. The normalized spacial score (nSPS) is 12.2. The zero-order valence-corrected chi connectivity index (χ0v) is 21.3. The van der Waals surface area contributed by atoms with E-state index in [0.717, 1.165) is 22.4 Å². The maximum absolute atomic E-state index is 14.4. The highest BCUT2D eigenvalue weighted by Gasteiger charge is 2.31. The van der Waals surface area contributed by atoms with E-state index in [9.17, 15) is 14.4 Å². The van der Waals surface area contributed by atoms with E-state index in [-0.39, 0.29) is 23.0 Å². The number of halogens is 1. The number of amides is 1.